The molecule has 7 heteroatoms. The maximum absolute atomic E-state index is 12.6. The van der Waals surface area contributed by atoms with E-state index in [4.69, 9.17) is 4.74 Å². The van der Waals surface area contributed by atoms with Gasteiger partial charge in [-0.2, -0.15) is 0 Å². The monoisotopic (exact) mass is 359 g/mol. The zero-order chi connectivity index (χ0) is 17.8. The van der Waals surface area contributed by atoms with E-state index in [1.54, 1.807) is 0 Å². The van der Waals surface area contributed by atoms with Gasteiger partial charge in [-0.05, 0) is 37.2 Å². The average molecular weight is 359 g/mol. The number of ether oxygens (including phenoxy) is 1. The van der Waals surface area contributed by atoms with E-state index in [0.29, 0.717) is 23.1 Å². The summed E-state index contributed by atoms with van der Waals surface area (Å²) < 4.78 is 5.34. The molecule has 0 unspecified atom stereocenters. The predicted octanol–water partition coefficient (Wildman–Crippen LogP) is 3.48. The van der Waals surface area contributed by atoms with Crippen LogP contribution >= 0.6 is 11.3 Å². The summed E-state index contributed by atoms with van der Waals surface area (Å²) in [5, 5.41) is 3.38. The second kappa shape index (κ2) is 7.74. The summed E-state index contributed by atoms with van der Waals surface area (Å²) in [5.41, 5.74) is 1.76. The molecule has 6 nitrogen and oxygen atoms in total. The molecule has 25 heavy (non-hydrogen) atoms. The van der Waals surface area contributed by atoms with Crippen LogP contribution in [0.5, 0.6) is 0 Å². The van der Waals surface area contributed by atoms with Gasteiger partial charge in [0.15, 0.2) is 0 Å². The van der Waals surface area contributed by atoms with Gasteiger partial charge < -0.3 is 10.1 Å². The number of carbonyl (C=O) groups is 2. The number of anilines is 1. The normalized spacial score (nSPS) is 16.2. The number of hydrogen-bond acceptors (Lipinski definition) is 6. The molecule has 2 aromatic rings. The fourth-order valence-corrected chi connectivity index (χ4v) is 4.30. The molecule has 0 aliphatic heterocycles. The molecular formula is C18H21N3O3S. The molecule has 3 rings (SSSR count). The highest BCUT2D eigenvalue weighted by atomic mass is 32.1. The number of aromatic nitrogens is 2. The van der Waals surface area contributed by atoms with Crippen LogP contribution in [0.3, 0.4) is 0 Å². The van der Waals surface area contributed by atoms with E-state index in [1.165, 1.54) is 29.9 Å². The number of nitrogens with zero attached hydrogens (tertiary/aromatic N) is 2. The number of nitrogens with one attached hydrogen (secondary N) is 1. The van der Waals surface area contributed by atoms with Crippen molar-refractivity contribution in [3.8, 4) is 0 Å². The lowest BCUT2D eigenvalue weighted by molar-refractivity contribution is 0.0505. The van der Waals surface area contributed by atoms with E-state index in [0.717, 1.165) is 36.1 Å². The van der Waals surface area contributed by atoms with Crippen LogP contribution in [0, 0.1) is 5.92 Å². The molecule has 0 radical (unpaired) electrons. The van der Waals surface area contributed by atoms with Crippen molar-refractivity contribution in [2.24, 2.45) is 5.92 Å². The molecule has 1 aliphatic carbocycles. The molecule has 0 bridgehead atoms. The van der Waals surface area contributed by atoms with Crippen molar-refractivity contribution in [1.29, 1.82) is 0 Å². The minimum absolute atomic E-state index is 0.218. The van der Waals surface area contributed by atoms with Gasteiger partial charge in [-0.1, -0.05) is 13.8 Å². The molecule has 2 aromatic heterocycles. The van der Waals surface area contributed by atoms with Crippen LogP contribution in [0.1, 0.15) is 58.0 Å². The van der Waals surface area contributed by atoms with Crippen molar-refractivity contribution in [1.82, 2.24) is 9.97 Å². The Morgan fingerprint density at radius 2 is 2.24 bits per heavy atom. The second-order valence-electron chi connectivity index (χ2n) is 6.24. The van der Waals surface area contributed by atoms with Crippen LogP contribution in [-0.4, -0.2) is 28.5 Å². The summed E-state index contributed by atoms with van der Waals surface area (Å²) in [6.07, 6.45) is 7.94. The molecule has 1 atom stereocenters. The van der Waals surface area contributed by atoms with E-state index >= 15 is 0 Å². The van der Waals surface area contributed by atoms with Gasteiger partial charge in [0.25, 0.3) is 5.91 Å². The lowest BCUT2D eigenvalue weighted by Crippen LogP contribution is -2.17. The molecule has 2 heterocycles. The Hall–Kier alpha value is -2.28. The third-order valence-corrected chi connectivity index (χ3v) is 5.35. The molecule has 0 fully saturated rings. The Kier molecular flexibility index (Phi) is 5.43. The predicted molar refractivity (Wildman–Crippen MR) is 96.1 cm³/mol. The third-order valence-electron chi connectivity index (χ3n) is 4.18. The SMILES string of the molecule is CCCOC(=O)c1c(NC(=O)c2cnccn2)sc2c1CC[C@@H](C)C2. The van der Waals surface area contributed by atoms with Gasteiger partial charge in [-0.25, -0.2) is 9.78 Å². The Morgan fingerprint density at radius 1 is 1.40 bits per heavy atom. The van der Waals surface area contributed by atoms with Crippen molar-refractivity contribution in [2.75, 3.05) is 11.9 Å². The van der Waals surface area contributed by atoms with Gasteiger partial charge >= 0.3 is 5.97 Å². The number of rotatable bonds is 5. The van der Waals surface area contributed by atoms with Crippen LogP contribution in [-0.2, 0) is 17.6 Å². The van der Waals surface area contributed by atoms with Crippen molar-refractivity contribution in [3.63, 3.8) is 0 Å². The lowest BCUT2D eigenvalue weighted by atomic mass is 9.88. The zero-order valence-corrected chi connectivity index (χ0v) is 15.2. The second-order valence-corrected chi connectivity index (χ2v) is 7.34. The molecule has 0 spiro atoms. The largest absolute Gasteiger partial charge is 0.462 e. The van der Waals surface area contributed by atoms with Gasteiger partial charge in [-0.15, -0.1) is 11.3 Å². The van der Waals surface area contributed by atoms with E-state index in [2.05, 4.69) is 22.2 Å². The maximum atomic E-state index is 12.6. The molecule has 0 saturated carbocycles. The first-order valence-electron chi connectivity index (χ1n) is 8.49. The highest BCUT2D eigenvalue weighted by Gasteiger charge is 2.29. The summed E-state index contributed by atoms with van der Waals surface area (Å²) >= 11 is 1.47. The zero-order valence-electron chi connectivity index (χ0n) is 14.4. The molecule has 0 saturated heterocycles. The van der Waals surface area contributed by atoms with E-state index < -0.39 is 0 Å². The van der Waals surface area contributed by atoms with Gasteiger partial charge in [-0.3, -0.25) is 9.78 Å². The summed E-state index contributed by atoms with van der Waals surface area (Å²) in [7, 11) is 0. The van der Waals surface area contributed by atoms with E-state index in [9.17, 15) is 9.59 Å². The van der Waals surface area contributed by atoms with Crippen LogP contribution in [0.15, 0.2) is 18.6 Å². The van der Waals surface area contributed by atoms with Gasteiger partial charge in [0.05, 0.1) is 18.4 Å². The maximum Gasteiger partial charge on any atom is 0.341 e. The number of esters is 1. The quantitative estimate of drug-likeness (QED) is 0.827. The van der Waals surface area contributed by atoms with Crippen LogP contribution in [0.25, 0.3) is 0 Å². The Bertz CT molecular complexity index is 773. The first kappa shape index (κ1) is 17.5. The van der Waals surface area contributed by atoms with Crippen LogP contribution in [0.4, 0.5) is 5.00 Å². The number of thiophene rings is 1. The fraction of sp³-hybridized carbons (Fsp3) is 0.444. The fourth-order valence-electron chi connectivity index (χ4n) is 2.91. The Morgan fingerprint density at radius 3 is 2.96 bits per heavy atom. The minimum Gasteiger partial charge on any atom is -0.462 e. The molecule has 1 N–H and O–H groups in total. The Balaban J connectivity index is 1.92. The number of amides is 1. The number of carbonyl (C=O) groups excluding carboxylic acids is 2. The van der Waals surface area contributed by atoms with E-state index in [-0.39, 0.29) is 17.6 Å². The topological polar surface area (TPSA) is 81.2 Å². The molecular weight excluding hydrogens is 338 g/mol. The summed E-state index contributed by atoms with van der Waals surface area (Å²) in [4.78, 5) is 34.1. The van der Waals surface area contributed by atoms with Gasteiger partial charge in [0, 0.05) is 17.3 Å². The van der Waals surface area contributed by atoms with Crippen molar-refractivity contribution in [2.45, 2.75) is 39.5 Å². The first-order chi connectivity index (χ1) is 12.1. The summed E-state index contributed by atoms with van der Waals surface area (Å²) in [6, 6.07) is 0. The molecule has 0 aromatic carbocycles. The van der Waals surface area contributed by atoms with Crippen molar-refractivity contribution < 1.29 is 14.3 Å². The summed E-state index contributed by atoms with van der Waals surface area (Å²) in [6.45, 7) is 4.53. The molecule has 132 valence electrons. The minimum atomic E-state index is -0.371. The lowest BCUT2D eigenvalue weighted by Gasteiger charge is -2.18. The highest BCUT2D eigenvalue weighted by molar-refractivity contribution is 7.17. The van der Waals surface area contributed by atoms with Gasteiger partial charge in [0.2, 0.25) is 0 Å². The summed E-state index contributed by atoms with van der Waals surface area (Å²) in [5.74, 6) is -0.151. The van der Waals surface area contributed by atoms with Crippen molar-refractivity contribution in [3.05, 3.63) is 40.3 Å². The van der Waals surface area contributed by atoms with Gasteiger partial charge in [0.1, 0.15) is 10.7 Å². The van der Waals surface area contributed by atoms with Crippen LogP contribution < -0.4 is 5.32 Å². The molecule has 1 aliphatic rings. The van der Waals surface area contributed by atoms with E-state index in [1.807, 2.05) is 6.92 Å². The standard InChI is InChI=1S/C18H21N3O3S/c1-3-8-24-18(23)15-12-5-4-11(2)9-14(12)25-17(15)21-16(22)13-10-19-6-7-20-13/h6-7,10-11H,3-5,8-9H2,1-2H3,(H,21,22)/t11-/m1/s1. The number of hydrogen-bond donors (Lipinski definition) is 1. The highest BCUT2D eigenvalue weighted by Crippen LogP contribution is 2.40. The van der Waals surface area contributed by atoms with Crippen LogP contribution in [0.2, 0.25) is 0 Å². The third kappa shape index (κ3) is 3.87. The Labute approximate surface area is 150 Å². The van der Waals surface area contributed by atoms with Crippen molar-refractivity contribution >= 4 is 28.2 Å². The smallest absolute Gasteiger partial charge is 0.341 e. The first-order valence-corrected chi connectivity index (χ1v) is 9.30. The molecule has 1 amide bonds. The number of fused-ring (bicyclic) bond motifs is 1. The average Bonchev–Trinajstić information content (AvgIpc) is 2.97.